The third-order valence-electron chi connectivity index (χ3n) is 3.49. The SMILES string of the molecule is C1=CCCC(C[S+](c2ccccc2)c2ccccc2)=C1. The van der Waals surface area contributed by atoms with Crippen LogP contribution in [0.15, 0.2) is 94.3 Å². The van der Waals surface area contributed by atoms with Gasteiger partial charge in [-0.1, -0.05) is 54.6 Å². The predicted molar refractivity (Wildman–Crippen MR) is 88.1 cm³/mol. The Morgan fingerprint density at radius 2 is 1.40 bits per heavy atom. The van der Waals surface area contributed by atoms with E-state index in [0.717, 1.165) is 5.75 Å². The van der Waals surface area contributed by atoms with Gasteiger partial charge in [-0.25, -0.2) is 0 Å². The van der Waals surface area contributed by atoms with Crippen molar-refractivity contribution in [3.05, 3.63) is 84.5 Å². The fraction of sp³-hybridized carbons (Fsp3) is 0.158. The molecule has 20 heavy (non-hydrogen) atoms. The largest absolute Gasteiger partial charge is 0.161 e. The molecule has 0 unspecified atom stereocenters. The van der Waals surface area contributed by atoms with E-state index in [9.17, 15) is 0 Å². The Morgan fingerprint density at radius 3 is 1.90 bits per heavy atom. The highest BCUT2D eigenvalue weighted by Gasteiger charge is 2.26. The molecule has 0 bridgehead atoms. The first kappa shape index (κ1) is 13.3. The average Bonchev–Trinajstić information content (AvgIpc) is 2.55. The summed E-state index contributed by atoms with van der Waals surface area (Å²) in [6.45, 7) is 0. The van der Waals surface area contributed by atoms with Gasteiger partial charge in [-0.3, -0.25) is 0 Å². The number of hydrogen-bond donors (Lipinski definition) is 0. The molecule has 100 valence electrons. The minimum Gasteiger partial charge on any atom is -0.0842 e. The molecule has 0 aromatic heterocycles. The second-order valence-corrected chi connectivity index (χ2v) is 6.97. The van der Waals surface area contributed by atoms with E-state index in [1.54, 1.807) is 5.57 Å². The van der Waals surface area contributed by atoms with Gasteiger partial charge in [-0.15, -0.1) is 0 Å². The van der Waals surface area contributed by atoms with Crippen LogP contribution in [0.3, 0.4) is 0 Å². The molecule has 1 heteroatoms. The Labute approximate surface area is 124 Å². The van der Waals surface area contributed by atoms with Crippen LogP contribution >= 0.6 is 0 Å². The lowest BCUT2D eigenvalue weighted by atomic mass is 10.1. The summed E-state index contributed by atoms with van der Waals surface area (Å²) in [7, 11) is 0.149. The molecule has 2 aromatic rings. The van der Waals surface area contributed by atoms with Gasteiger partial charge in [-0.2, -0.15) is 0 Å². The van der Waals surface area contributed by atoms with Crippen LogP contribution in [0.4, 0.5) is 0 Å². The van der Waals surface area contributed by atoms with Gasteiger partial charge in [0.05, 0.1) is 10.9 Å². The number of hydrogen-bond acceptors (Lipinski definition) is 0. The molecular weight excluding hydrogens is 260 g/mol. The average molecular weight is 279 g/mol. The van der Waals surface area contributed by atoms with Crippen molar-refractivity contribution in [3.8, 4) is 0 Å². The summed E-state index contributed by atoms with van der Waals surface area (Å²) in [6, 6.07) is 21.8. The standard InChI is InChI=1S/C19H19S/c1-4-10-17(11-5-1)16-20(18-12-6-2-7-13-18)19-14-8-3-9-15-19/h1-4,6-10,12-15H,5,11,16H2/q+1. The maximum absolute atomic E-state index is 2.30. The highest BCUT2D eigenvalue weighted by atomic mass is 32.2. The maximum Gasteiger partial charge on any atom is 0.161 e. The highest BCUT2D eigenvalue weighted by Crippen LogP contribution is 2.27. The van der Waals surface area contributed by atoms with E-state index in [0.29, 0.717) is 0 Å². The smallest absolute Gasteiger partial charge is 0.0842 e. The summed E-state index contributed by atoms with van der Waals surface area (Å²) in [5.74, 6) is 1.15. The van der Waals surface area contributed by atoms with Crippen molar-refractivity contribution in [1.82, 2.24) is 0 Å². The molecule has 0 fully saturated rings. The van der Waals surface area contributed by atoms with Crippen LogP contribution in [0.5, 0.6) is 0 Å². The third kappa shape index (κ3) is 3.23. The Kier molecular flexibility index (Phi) is 4.39. The second kappa shape index (κ2) is 6.62. The van der Waals surface area contributed by atoms with E-state index >= 15 is 0 Å². The van der Waals surface area contributed by atoms with Crippen molar-refractivity contribution >= 4 is 10.9 Å². The second-order valence-electron chi connectivity index (χ2n) is 4.95. The van der Waals surface area contributed by atoms with E-state index in [1.165, 1.54) is 22.6 Å². The van der Waals surface area contributed by atoms with Crippen LogP contribution in [0.2, 0.25) is 0 Å². The van der Waals surface area contributed by atoms with Crippen molar-refractivity contribution in [2.45, 2.75) is 22.6 Å². The van der Waals surface area contributed by atoms with Gasteiger partial charge in [0, 0.05) is 0 Å². The summed E-state index contributed by atoms with van der Waals surface area (Å²) >= 11 is 0. The zero-order chi connectivity index (χ0) is 13.6. The van der Waals surface area contributed by atoms with E-state index in [4.69, 9.17) is 0 Å². The quantitative estimate of drug-likeness (QED) is 0.691. The van der Waals surface area contributed by atoms with E-state index in [1.807, 2.05) is 0 Å². The Balaban J connectivity index is 1.92. The zero-order valence-corrected chi connectivity index (χ0v) is 12.4. The molecule has 0 saturated carbocycles. The summed E-state index contributed by atoms with van der Waals surface area (Å²) in [5.41, 5.74) is 1.57. The minimum absolute atomic E-state index is 0.149. The molecule has 0 spiro atoms. The molecule has 0 radical (unpaired) electrons. The van der Waals surface area contributed by atoms with Crippen LogP contribution in [0.1, 0.15) is 12.8 Å². The number of rotatable bonds is 4. The molecule has 1 aliphatic rings. The van der Waals surface area contributed by atoms with Crippen molar-refractivity contribution in [3.63, 3.8) is 0 Å². The summed E-state index contributed by atoms with van der Waals surface area (Å²) in [5, 5.41) is 0. The molecule has 0 aliphatic heterocycles. The van der Waals surface area contributed by atoms with E-state index in [2.05, 4.69) is 78.9 Å². The normalized spacial score (nSPS) is 14.3. The van der Waals surface area contributed by atoms with Crippen molar-refractivity contribution in [2.24, 2.45) is 0 Å². The fourth-order valence-electron chi connectivity index (χ4n) is 2.43. The van der Waals surface area contributed by atoms with Crippen LogP contribution in [0.25, 0.3) is 0 Å². The number of benzene rings is 2. The molecular formula is C19H19S+. The first-order chi connectivity index (χ1) is 9.93. The molecule has 0 heterocycles. The van der Waals surface area contributed by atoms with Gasteiger partial charge >= 0.3 is 0 Å². The highest BCUT2D eigenvalue weighted by molar-refractivity contribution is 7.97. The monoisotopic (exact) mass is 279 g/mol. The molecule has 1 aliphatic carbocycles. The molecule has 0 nitrogen and oxygen atoms in total. The lowest BCUT2D eigenvalue weighted by Crippen LogP contribution is -2.11. The van der Waals surface area contributed by atoms with Crippen LogP contribution in [-0.4, -0.2) is 5.75 Å². The van der Waals surface area contributed by atoms with Crippen molar-refractivity contribution in [1.29, 1.82) is 0 Å². The fourth-order valence-corrected chi connectivity index (χ4v) is 4.62. The van der Waals surface area contributed by atoms with Gasteiger partial charge < -0.3 is 0 Å². The summed E-state index contributed by atoms with van der Waals surface area (Å²) in [6.07, 6.45) is 9.16. The Hall–Kier alpha value is -1.73. The maximum atomic E-state index is 2.30. The molecule has 0 atom stereocenters. The third-order valence-corrected chi connectivity index (χ3v) is 5.83. The van der Waals surface area contributed by atoms with Gasteiger partial charge in [0.25, 0.3) is 0 Å². The zero-order valence-electron chi connectivity index (χ0n) is 11.5. The van der Waals surface area contributed by atoms with Gasteiger partial charge in [0.2, 0.25) is 0 Å². The topological polar surface area (TPSA) is 0 Å². The van der Waals surface area contributed by atoms with Gasteiger partial charge in [0.1, 0.15) is 5.75 Å². The summed E-state index contributed by atoms with van der Waals surface area (Å²) in [4.78, 5) is 2.88. The van der Waals surface area contributed by atoms with Gasteiger partial charge in [-0.05, 0) is 42.7 Å². The van der Waals surface area contributed by atoms with Crippen LogP contribution in [0, 0.1) is 0 Å². The van der Waals surface area contributed by atoms with E-state index < -0.39 is 0 Å². The molecule has 0 saturated heterocycles. The predicted octanol–water partition coefficient (Wildman–Crippen LogP) is 5.00. The van der Waals surface area contributed by atoms with Crippen molar-refractivity contribution < 1.29 is 0 Å². The first-order valence-electron chi connectivity index (χ1n) is 7.09. The first-order valence-corrected chi connectivity index (χ1v) is 8.48. The van der Waals surface area contributed by atoms with Crippen molar-refractivity contribution in [2.75, 3.05) is 5.75 Å². The summed E-state index contributed by atoms with van der Waals surface area (Å²) < 4.78 is 0. The Bertz CT molecular complexity index is 557. The molecule has 2 aromatic carbocycles. The van der Waals surface area contributed by atoms with Crippen LogP contribution < -0.4 is 0 Å². The molecule has 0 amide bonds. The molecule has 3 rings (SSSR count). The molecule has 0 N–H and O–H groups in total. The van der Waals surface area contributed by atoms with Crippen LogP contribution in [-0.2, 0) is 10.9 Å². The lowest BCUT2D eigenvalue weighted by molar-refractivity contribution is 0.963. The van der Waals surface area contributed by atoms with Gasteiger partial charge in [0.15, 0.2) is 9.79 Å². The van der Waals surface area contributed by atoms with E-state index in [-0.39, 0.29) is 10.9 Å². The minimum atomic E-state index is 0.149. The lowest BCUT2D eigenvalue weighted by Gasteiger charge is -2.12. The Morgan fingerprint density at radius 1 is 0.800 bits per heavy atom. The number of allylic oxidation sites excluding steroid dienone is 3.